The van der Waals surface area contributed by atoms with Crippen LogP contribution in [0.25, 0.3) is 0 Å². The third kappa shape index (κ3) is 10.1. The van der Waals surface area contributed by atoms with Gasteiger partial charge in [0.1, 0.15) is 0 Å². The Morgan fingerprint density at radius 2 is 1.17 bits per heavy atom. The molecule has 2 aromatic rings. The number of hydrogen-bond donors (Lipinski definition) is 0. The molecule has 0 aromatic heterocycles. The first-order chi connectivity index (χ1) is 10.5. The molecule has 0 saturated carbocycles. The predicted octanol–water partition coefficient (Wildman–Crippen LogP) is 4.43. The molecule has 0 nitrogen and oxygen atoms in total. The molecule has 0 saturated heterocycles. The summed E-state index contributed by atoms with van der Waals surface area (Å²) in [4.78, 5) is 0. The van der Waals surface area contributed by atoms with Gasteiger partial charge in [0.05, 0.1) is 0 Å². The summed E-state index contributed by atoms with van der Waals surface area (Å²) in [5.41, 5.74) is 5.65. The van der Waals surface area contributed by atoms with E-state index in [0.717, 1.165) is 0 Å². The molecule has 2 aromatic carbocycles. The van der Waals surface area contributed by atoms with Gasteiger partial charge in [-0.2, -0.15) is 0 Å². The van der Waals surface area contributed by atoms with Gasteiger partial charge in [0.2, 0.25) is 0 Å². The molecule has 8 heteroatoms. The topological polar surface area (TPSA) is 0 Å². The number of aryl methyl sites for hydroxylation is 4. The van der Waals surface area contributed by atoms with Crippen molar-refractivity contribution in [2.45, 2.75) is 27.7 Å². The molecule has 0 heterocycles. The molecule has 0 amide bonds. The maximum atomic E-state index is 9.87. The molecule has 0 radical (unpaired) electrons. The van der Waals surface area contributed by atoms with Crippen LogP contribution in [0.5, 0.6) is 0 Å². The normalized spacial score (nSPS) is 14.2. The van der Waals surface area contributed by atoms with Crippen molar-refractivity contribution in [1.82, 2.24) is 0 Å². The molecule has 136 valence electrons. The van der Waals surface area contributed by atoms with Crippen LogP contribution < -0.4 is 21.2 Å². The molecule has 0 spiro atoms. The van der Waals surface area contributed by atoms with Gasteiger partial charge in [-0.15, -0.1) is 0 Å². The minimum atomic E-state index is -10.7. The molecule has 0 aliphatic heterocycles. The molecule has 0 bridgehead atoms. The number of benzene rings is 2. The molecular weight excluding hydrogens is 464 g/mol. The summed E-state index contributed by atoms with van der Waals surface area (Å²) in [5, 5.41) is 0. The van der Waals surface area contributed by atoms with E-state index >= 15 is 0 Å². The Bertz CT molecular complexity index is 703. The third-order valence-electron chi connectivity index (χ3n) is 2.76. The third-order valence-corrected chi connectivity index (χ3v) is 6.30. The van der Waals surface area contributed by atoms with Crippen LogP contribution in [0.15, 0.2) is 36.4 Å². The fraction of sp³-hybridized carbons (Fsp3) is 0.250. The Morgan fingerprint density at radius 3 is 1.58 bits per heavy atom. The van der Waals surface area contributed by atoms with Crippen molar-refractivity contribution < 1.29 is 46.4 Å². The second-order valence-corrected chi connectivity index (χ2v) is 10.3. The first-order valence-corrected chi connectivity index (χ1v) is 11.1. The molecule has 0 aliphatic rings. The SMILES string of the molecule is Cc1cccc([I+]c2c(C)cc(C)cc2C)c1.F[P-](F)(F)(F)(F)F. The number of halogens is 7. The first-order valence-electron chi connectivity index (χ1n) is 6.87. The van der Waals surface area contributed by atoms with Crippen LogP contribution in [0.4, 0.5) is 25.2 Å². The monoisotopic (exact) mass is 482 g/mol. The van der Waals surface area contributed by atoms with Gasteiger partial charge in [-0.05, 0) is 45.4 Å². The first kappa shape index (κ1) is 21.2. The summed E-state index contributed by atoms with van der Waals surface area (Å²) >= 11 is -0.0443. The van der Waals surface area contributed by atoms with Crippen molar-refractivity contribution in [1.29, 1.82) is 0 Å². The van der Waals surface area contributed by atoms with Crippen LogP contribution in [0.2, 0.25) is 0 Å². The molecule has 0 fully saturated rings. The van der Waals surface area contributed by atoms with Crippen LogP contribution in [0, 0.1) is 34.8 Å². The van der Waals surface area contributed by atoms with Crippen LogP contribution >= 0.6 is 7.81 Å². The van der Waals surface area contributed by atoms with Crippen molar-refractivity contribution >= 4 is 7.81 Å². The Morgan fingerprint density at radius 1 is 0.708 bits per heavy atom. The Hall–Kier alpha value is -0.820. The van der Waals surface area contributed by atoms with E-state index in [1.165, 1.54) is 25.8 Å². The zero-order valence-corrected chi connectivity index (χ0v) is 16.6. The van der Waals surface area contributed by atoms with E-state index in [-0.39, 0.29) is 21.2 Å². The average molecular weight is 482 g/mol. The molecule has 0 N–H and O–H groups in total. The van der Waals surface area contributed by atoms with E-state index in [4.69, 9.17) is 0 Å². The summed E-state index contributed by atoms with van der Waals surface area (Å²) in [7, 11) is -10.7. The van der Waals surface area contributed by atoms with Gasteiger partial charge in [0, 0.05) is 11.1 Å². The van der Waals surface area contributed by atoms with Crippen molar-refractivity contribution in [3.05, 3.63) is 65.8 Å². The molecule has 0 unspecified atom stereocenters. The Labute approximate surface area is 147 Å². The van der Waals surface area contributed by atoms with Gasteiger partial charge >= 0.3 is 54.2 Å². The standard InChI is InChI=1S/C16H18I.F6P/c1-11-6-5-7-15(10-11)17-16-13(3)8-12(2)9-14(16)4;1-7(2,3,4,5)6/h5-10H,1-4H3;/q+1;-1. The van der Waals surface area contributed by atoms with E-state index < -0.39 is 7.81 Å². The fourth-order valence-electron chi connectivity index (χ4n) is 2.08. The van der Waals surface area contributed by atoms with Gasteiger partial charge in [0.15, 0.2) is 7.14 Å². The second kappa shape index (κ2) is 6.48. The molecular formula is C16H18F6IP. The van der Waals surface area contributed by atoms with Gasteiger partial charge in [0.25, 0.3) is 0 Å². The van der Waals surface area contributed by atoms with E-state index in [1.807, 2.05) is 0 Å². The van der Waals surface area contributed by atoms with Gasteiger partial charge in [-0.25, -0.2) is 0 Å². The average Bonchev–Trinajstić information content (AvgIpc) is 2.30. The number of hydrogen-bond acceptors (Lipinski definition) is 0. The van der Waals surface area contributed by atoms with E-state index in [9.17, 15) is 25.2 Å². The summed E-state index contributed by atoms with van der Waals surface area (Å²) in [6.07, 6.45) is 0. The Balaban J connectivity index is 0.000000351. The van der Waals surface area contributed by atoms with E-state index in [1.54, 1.807) is 3.57 Å². The van der Waals surface area contributed by atoms with Crippen molar-refractivity contribution in [3.8, 4) is 0 Å². The van der Waals surface area contributed by atoms with Gasteiger partial charge in [-0.1, -0.05) is 29.8 Å². The summed E-state index contributed by atoms with van der Waals surface area (Å²) in [6.45, 7) is 8.83. The van der Waals surface area contributed by atoms with Crippen LogP contribution in [-0.2, 0) is 0 Å². The Kier molecular flexibility index (Phi) is 5.73. The van der Waals surface area contributed by atoms with E-state index in [0.29, 0.717) is 0 Å². The fourth-order valence-corrected chi connectivity index (χ4v) is 4.90. The quantitative estimate of drug-likeness (QED) is 0.338. The van der Waals surface area contributed by atoms with Gasteiger partial charge in [-0.3, -0.25) is 0 Å². The van der Waals surface area contributed by atoms with E-state index in [2.05, 4.69) is 64.1 Å². The zero-order valence-electron chi connectivity index (χ0n) is 13.6. The van der Waals surface area contributed by atoms with Crippen molar-refractivity contribution in [2.75, 3.05) is 0 Å². The molecule has 0 aliphatic carbocycles. The summed E-state index contributed by atoms with van der Waals surface area (Å²) in [5.74, 6) is 0. The molecule has 2 rings (SSSR count). The molecule has 0 atom stereocenters. The van der Waals surface area contributed by atoms with Crippen molar-refractivity contribution in [2.24, 2.45) is 0 Å². The summed E-state index contributed by atoms with van der Waals surface area (Å²) in [6, 6.07) is 13.5. The second-order valence-electron chi connectivity index (χ2n) is 5.56. The maximum absolute atomic E-state index is 10.7. The zero-order chi connectivity index (χ0) is 18.8. The van der Waals surface area contributed by atoms with Crippen LogP contribution in [0.3, 0.4) is 0 Å². The number of rotatable bonds is 2. The van der Waals surface area contributed by atoms with Crippen LogP contribution in [-0.4, -0.2) is 0 Å². The molecule has 24 heavy (non-hydrogen) atoms. The minimum absolute atomic E-state index is 0.0443. The predicted molar refractivity (Wildman–Crippen MR) is 82.8 cm³/mol. The van der Waals surface area contributed by atoms with Crippen molar-refractivity contribution in [3.63, 3.8) is 0 Å². The van der Waals surface area contributed by atoms with Crippen LogP contribution in [0.1, 0.15) is 22.3 Å². The van der Waals surface area contributed by atoms with Gasteiger partial charge < -0.3 is 0 Å². The summed E-state index contributed by atoms with van der Waals surface area (Å²) < 4.78 is 62.3.